The Morgan fingerprint density at radius 2 is 1.93 bits per heavy atom. The van der Waals surface area contributed by atoms with Gasteiger partial charge < -0.3 is 9.47 Å². The van der Waals surface area contributed by atoms with Gasteiger partial charge in [0.15, 0.2) is 5.60 Å². The van der Waals surface area contributed by atoms with E-state index < -0.39 is 0 Å². The molecule has 0 radical (unpaired) electrons. The van der Waals surface area contributed by atoms with E-state index in [0.29, 0.717) is 6.61 Å². The van der Waals surface area contributed by atoms with E-state index in [4.69, 9.17) is 9.47 Å². The molecule has 0 aliphatic carbocycles. The first-order valence-electron chi connectivity index (χ1n) is 5.76. The zero-order chi connectivity index (χ0) is 11.3. The number of nitrogens with zero attached hydrogens (tertiary/aromatic N) is 1. The number of hydrogen-bond donors (Lipinski definition) is 0. The van der Waals surface area contributed by atoms with Crippen LogP contribution in [0.2, 0.25) is 0 Å². The molecular weight excluding hydrogens is 190 g/mol. The highest BCUT2D eigenvalue weighted by atomic mass is 16.7. The zero-order valence-corrected chi connectivity index (χ0v) is 10.4. The van der Waals surface area contributed by atoms with E-state index in [2.05, 4.69) is 39.6 Å². The average Bonchev–Trinajstić information content (AvgIpc) is 2.50. The number of aliphatic imine (C=N–C) groups is 1. The summed E-state index contributed by atoms with van der Waals surface area (Å²) in [5, 5.41) is 0. The second kappa shape index (κ2) is 2.97. The number of ether oxygens (including phenoxy) is 2. The smallest absolute Gasteiger partial charge is 0.220 e. The molecule has 3 nitrogen and oxygen atoms in total. The largest absolute Gasteiger partial charge is 0.476 e. The molecule has 15 heavy (non-hydrogen) atoms. The molecule has 0 saturated carbocycles. The molecule has 2 rings (SSSR count). The molecule has 1 saturated heterocycles. The van der Waals surface area contributed by atoms with E-state index in [0.717, 1.165) is 18.7 Å². The molecule has 2 aliphatic rings. The molecule has 0 unspecified atom stereocenters. The second-order valence-corrected chi connectivity index (χ2v) is 5.63. The molecule has 1 fully saturated rings. The normalized spacial score (nSPS) is 42.3. The molecule has 0 aromatic heterocycles. The van der Waals surface area contributed by atoms with E-state index in [1.165, 1.54) is 0 Å². The summed E-state index contributed by atoms with van der Waals surface area (Å²) in [6.45, 7) is 11.3. The lowest BCUT2D eigenvalue weighted by molar-refractivity contribution is 0.245. The topological polar surface area (TPSA) is 34.1 Å². The van der Waals surface area contributed by atoms with Crippen molar-refractivity contribution < 1.29 is 9.47 Å². The van der Waals surface area contributed by atoms with Gasteiger partial charge in [-0.15, -0.1) is 0 Å². The highest BCUT2D eigenvalue weighted by Gasteiger charge is 2.68. The van der Waals surface area contributed by atoms with Crippen molar-refractivity contribution >= 4 is 5.90 Å². The first-order valence-corrected chi connectivity index (χ1v) is 5.76. The Morgan fingerprint density at radius 1 is 1.27 bits per heavy atom. The van der Waals surface area contributed by atoms with Crippen molar-refractivity contribution in [3.05, 3.63) is 0 Å². The Morgan fingerprint density at radius 3 is 2.40 bits per heavy atom. The minimum atomic E-state index is -0.281. The maximum Gasteiger partial charge on any atom is 0.220 e. The van der Waals surface area contributed by atoms with Gasteiger partial charge in [-0.3, -0.25) is 0 Å². The third kappa shape index (κ3) is 1.57. The van der Waals surface area contributed by atoms with E-state index in [-0.39, 0.29) is 16.7 Å². The summed E-state index contributed by atoms with van der Waals surface area (Å²) in [5.74, 6) is 0.795. The van der Waals surface area contributed by atoms with Crippen molar-refractivity contribution in [1.29, 1.82) is 0 Å². The van der Waals surface area contributed by atoms with Crippen LogP contribution >= 0.6 is 0 Å². The van der Waals surface area contributed by atoms with Crippen LogP contribution in [0.5, 0.6) is 0 Å². The van der Waals surface area contributed by atoms with Crippen LogP contribution in [0, 0.1) is 0 Å². The SMILES string of the molecule is CCC[C@]1(C)O[C@@]1(C)C1=NC(C)(C)CO1. The van der Waals surface area contributed by atoms with Crippen molar-refractivity contribution in [1.82, 2.24) is 0 Å². The van der Waals surface area contributed by atoms with Crippen molar-refractivity contribution in [2.24, 2.45) is 4.99 Å². The fourth-order valence-corrected chi connectivity index (χ4v) is 2.29. The molecule has 0 bridgehead atoms. The molecule has 3 heteroatoms. The molecule has 0 spiro atoms. The lowest BCUT2D eigenvalue weighted by atomic mass is 9.91. The summed E-state index contributed by atoms with van der Waals surface area (Å²) >= 11 is 0. The zero-order valence-electron chi connectivity index (χ0n) is 10.4. The van der Waals surface area contributed by atoms with E-state index in [1.54, 1.807) is 0 Å². The second-order valence-electron chi connectivity index (χ2n) is 5.63. The third-order valence-corrected chi connectivity index (χ3v) is 3.50. The van der Waals surface area contributed by atoms with E-state index in [1.807, 2.05) is 0 Å². The van der Waals surface area contributed by atoms with Crippen LogP contribution in [-0.2, 0) is 9.47 Å². The van der Waals surface area contributed by atoms with Crippen LogP contribution in [0.15, 0.2) is 4.99 Å². The van der Waals surface area contributed by atoms with Gasteiger partial charge in [0.2, 0.25) is 5.90 Å². The highest BCUT2D eigenvalue weighted by molar-refractivity contribution is 5.90. The Bertz CT molecular complexity index is 311. The predicted octanol–water partition coefficient (Wildman–Crippen LogP) is 2.54. The molecule has 86 valence electrons. The summed E-state index contributed by atoms with van der Waals surface area (Å²) in [7, 11) is 0. The van der Waals surface area contributed by atoms with Gasteiger partial charge in [-0.1, -0.05) is 13.3 Å². The Labute approximate surface area is 91.9 Å². The van der Waals surface area contributed by atoms with Gasteiger partial charge in [0.05, 0.1) is 5.54 Å². The fraction of sp³-hybridized carbons (Fsp3) is 0.917. The average molecular weight is 211 g/mol. The van der Waals surface area contributed by atoms with Crippen LogP contribution in [0.4, 0.5) is 0 Å². The predicted molar refractivity (Wildman–Crippen MR) is 60.3 cm³/mol. The van der Waals surface area contributed by atoms with E-state index in [9.17, 15) is 0 Å². The summed E-state index contributed by atoms with van der Waals surface area (Å²) in [6, 6.07) is 0. The van der Waals surface area contributed by atoms with E-state index >= 15 is 0 Å². The van der Waals surface area contributed by atoms with Gasteiger partial charge in [-0.25, -0.2) is 4.99 Å². The molecule has 0 aromatic carbocycles. The molecule has 2 heterocycles. The van der Waals surface area contributed by atoms with Crippen molar-refractivity contribution in [2.75, 3.05) is 6.61 Å². The monoisotopic (exact) mass is 211 g/mol. The lowest BCUT2D eigenvalue weighted by Crippen LogP contribution is -2.29. The summed E-state index contributed by atoms with van der Waals surface area (Å²) < 4.78 is 11.5. The van der Waals surface area contributed by atoms with Crippen LogP contribution in [0.25, 0.3) is 0 Å². The quantitative estimate of drug-likeness (QED) is 0.672. The first kappa shape index (κ1) is 10.9. The summed E-state index contributed by atoms with van der Waals surface area (Å²) in [5.41, 5.74) is -0.435. The number of hydrogen-bond acceptors (Lipinski definition) is 3. The lowest BCUT2D eigenvalue weighted by Gasteiger charge is -2.10. The van der Waals surface area contributed by atoms with Gasteiger partial charge >= 0.3 is 0 Å². The van der Waals surface area contributed by atoms with Crippen LogP contribution in [0.3, 0.4) is 0 Å². The highest BCUT2D eigenvalue weighted by Crippen LogP contribution is 2.52. The van der Waals surface area contributed by atoms with Gasteiger partial charge in [-0.2, -0.15) is 0 Å². The fourth-order valence-electron chi connectivity index (χ4n) is 2.29. The molecule has 2 atom stereocenters. The number of epoxide rings is 1. The third-order valence-electron chi connectivity index (χ3n) is 3.50. The maximum absolute atomic E-state index is 5.85. The van der Waals surface area contributed by atoms with Crippen LogP contribution in [-0.4, -0.2) is 29.2 Å². The first-order chi connectivity index (χ1) is 6.83. The summed E-state index contributed by atoms with van der Waals surface area (Å²) in [4.78, 5) is 4.60. The Kier molecular flexibility index (Phi) is 2.16. The molecule has 0 N–H and O–H groups in total. The van der Waals surface area contributed by atoms with Crippen LogP contribution in [0.1, 0.15) is 47.5 Å². The Balaban J connectivity index is 2.14. The van der Waals surface area contributed by atoms with Gasteiger partial charge in [-0.05, 0) is 34.1 Å². The standard InChI is InChI=1S/C12H21NO2/c1-6-7-11(4)12(5,15-11)9-13-10(2,3)8-14-9/h6-8H2,1-5H3/t11-,12-/m0/s1. The minimum absolute atomic E-state index is 0.0684. The van der Waals surface area contributed by atoms with Crippen LogP contribution < -0.4 is 0 Å². The maximum atomic E-state index is 5.85. The minimum Gasteiger partial charge on any atom is -0.476 e. The summed E-state index contributed by atoms with van der Waals surface area (Å²) in [6.07, 6.45) is 2.19. The Hall–Kier alpha value is -0.570. The van der Waals surface area contributed by atoms with Crippen molar-refractivity contribution in [3.8, 4) is 0 Å². The molecule has 0 aromatic rings. The molecular formula is C12H21NO2. The number of rotatable bonds is 3. The van der Waals surface area contributed by atoms with Crippen molar-refractivity contribution in [2.45, 2.75) is 64.2 Å². The molecule has 0 amide bonds. The van der Waals surface area contributed by atoms with Crippen molar-refractivity contribution in [3.63, 3.8) is 0 Å². The van der Waals surface area contributed by atoms with Gasteiger partial charge in [0.1, 0.15) is 12.2 Å². The van der Waals surface area contributed by atoms with Gasteiger partial charge in [0.25, 0.3) is 0 Å². The molecule has 2 aliphatic heterocycles. The van der Waals surface area contributed by atoms with Gasteiger partial charge in [0, 0.05) is 0 Å².